The first-order valence-electron chi connectivity index (χ1n) is 3.13. The molecule has 0 heterocycles. The van der Waals surface area contributed by atoms with E-state index in [-0.39, 0.29) is 0 Å². The maximum Gasteiger partial charge on any atom is 0.139 e. The van der Waals surface area contributed by atoms with Gasteiger partial charge in [-0.05, 0) is 35.1 Å². The van der Waals surface area contributed by atoms with Gasteiger partial charge in [-0.3, -0.25) is 0 Å². The van der Waals surface area contributed by atoms with Gasteiger partial charge >= 0.3 is 0 Å². The van der Waals surface area contributed by atoms with E-state index < -0.39 is 0 Å². The van der Waals surface area contributed by atoms with Crippen molar-refractivity contribution in [3.63, 3.8) is 0 Å². The molecular formula is C7H9BIN. The standard InChI is InChI=1S/C7H9BIN/c1-4-2-5(8)3-6(9)7(4)10/h2-3H,8,10H2,1H3. The van der Waals surface area contributed by atoms with Gasteiger partial charge < -0.3 is 5.73 Å². The lowest BCUT2D eigenvalue weighted by molar-refractivity contribution is 1.47. The second kappa shape index (κ2) is 2.82. The summed E-state index contributed by atoms with van der Waals surface area (Å²) in [7, 11) is 2.08. The van der Waals surface area contributed by atoms with Crippen molar-refractivity contribution >= 4 is 41.6 Å². The van der Waals surface area contributed by atoms with Crippen LogP contribution < -0.4 is 11.2 Å². The molecule has 1 rings (SSSR count). The normalized spacial score (nSPS) is 9.80. The number of rotatable bonds is 0. The zero-order valence-corrected chi connectivity index (χ0v) is 8.27. The van der Waals surface area contributed by atoms with Gasteiger partial charge in [-0.25, -0.2) is 0 Å². The number of benzene rings is 1. The Morgan fingerprint density at radius 1 is 1.50 bits per heavy atom. The lowest BCUT2D eigenvalue weighted by Crippen LogP contribution is -2.06. The van der Waals surface area contributed by atoms with E-state index in [1.807, 2.05) is 6.92 Å². The molecule has 0 aliphatic rings. The van der Waals surface area contributed by atoms with Crippen LogP contribution in [0.5, 0.6) is 0 Å². The molecule has 0 unspecified atom stereocenters. The van der Waals surface area contributed by atoms with Gasteiger partial charge in [-0.1, -0.05) is 17.6 Å². The number of hydrogen-bond donors (Lipinski definition) is 1. The Labute approximate surface area is 75.5 Å². The summed E-state index contributed by atoms with van der Waals surface area (Å²) in [6.07, 6.45) is 0. The largest absolute Gasteiger partial charge is 0.398 e. The van der Waals surface area contributed by atoms with Crippen molar-refractivity contribution in [1.29, 1.82) is 0 Å². The van der Waals surface area contributed by atoms with E-state index >= 15 is 0 Å². The van der Waals surface area contributed by atoms with Crippen LogP contribution in [-0.2, 0) is 0 Å². The van der Waals surface area contributed by atoms with Gasteiger partial charge in [0.05, 0.1) is 0 Å². The van der Waals surface area contributed by atoms with Gasteiger partial charge in [-0.2, -0.15) is 0 Å². The number of halogens is 1. The first kappa shape index (κ1) is 7.92. The highest BCUT2D eigenvalue weighted by molar-refractivity contribution is 14.1. The molecule has 0 aliphatic carbocycles. The number of hydrogen-bond acceptors (Lipinski definition) is 1. The third-order valence-corrected chi connectivity index (χ3v) is 2.37. The molecule has 0 saturated carbocycles. The van der Waals surface area contributed by atoms with Crippen LogP contribution in [0.3, 0.4) is 0 Å². The van der Waals surface area contributed by atoms with E-state index in [1.54, 1.807) is 0 Å². The predicted molar refractivity (Wildman–Crippen MR) is 56.5 cm³/mol. The van der Waals surface area contributed by atoms with Crippen LogP contribution >= 0.6 is 22.6 Å². The van der Waals surface area contributed by atoms with E-state index in [1.165, 1.54) is 11.0 Å². The van der Waals surface area contributed by atoms with Crippen molar-refractivity contribution in [2.75, 3.05) is 5.73 Å². The average Bonchev–Trinajstić information content (AvgIpc) is 1.82. The third-order valence-electron chi connectivity index (χ3n) is 1.48. The van der Waals surface area contributed by atoms with Crippen molar-refractivity contribution < 1.29 is 0 Å². The van der Waals surface area contributed by atoms with E-state index in [4.69, 9.17) is 5.73 Å². The lowest BCUT2D eigenvalue weighted by atomic mass is 9.94. The molecule has 1 aromatic carbocycles. The maximum atomic E-state index is 5.74. The Hall–Kier alpha value is -0.185. The Morgan fingerprint density at radius 2 is 2.10 bits per heavy atom. The van der Waals surface area contributed by atoms with Gasteiger partial charge in [0, 0.05) is 9.26 Å². The topological polar surface area (TPSA) is 26.0 Å². The van der Waals surface area contributed by atoms with Crippen molar-refractivity contribution in [2.24, 2.45) is 0 Å². The molecule has 0 bridgehead atoms. The van der Waals surface area contributed by atoms with E-state index in [0.717, 1.165) is 9.26 Å². The monoisotopic (exact) mass is 245 g/mol. The number of nitrogens with two attached hydrogens (primary N) is 1. The number of nitrogen functional groups attached to an aromatic ring is 1. The first-order valence-corrected chi connectivity index (χ1v) is 4.21. The Kier molecular flexibility index (Phi) is 2.23. The van der Waals surface area contributed by atoms with E-state index in [0.29, 0.717) is 0 Å². The maximum absolute atomic E-state index is 5.74. The van der Waals surface area contributed by atoms with Crippen LogP contribution in [0.15, 0.2) is 12.1 Å². The van der Waals surface area contributed by atoms with Crippen LogP contribution in [0.25, 0.3) is 0 Å². The highest BCUT2D eigenvalue weighted by Gasteiger charge is 1.98. The molecule has 0 aliphatic heterocycles. The van der Waals surface area contributed by atoms with Gasteiger partial charge in [0.1, 0.15) is 7.85 Å². The minimum atomic E-state index is 0.909. The predicted octanol–water partition coefficient (Wildman–Crippen LogP) is 0.440. The molecule has 1 aromatic rings. The van der Waals surface area contributed by atoms with Crippen molar-refractivity contribution in [3.8, 4) is 0 Å². The fourth-order valence-electron chi connectivity index (χ4n) is 0.927. The van der Waals surface area contributed by atoms with Crippen molar-refractivity contribution in [1.82, 2.24) is 0 Å². The molecule has 1 nitrogen and oxygen atoms in total. The van der Waals surface area contributed by atoms with E-state index in [2.05, 4.69) is 42.6 Å². The molecule has 0 fully saturated rings. The van der Waals surface area contributed by atoms with Gasteiger partial charge in [0.2, 0.25) is 0 Å². The Balaban J connectivity index is 3.31. The summed E-state index contributed by atoms with van der Waals surface area (Å²) in [4.78, 5) is 0. The Morgan fingerprint density at radius 3 is 2.60 bits per heavy atom. The van der Waals surface area contributed by atoms with Crippen molar-refractivity contribution in [2.45, 2.75) is 6.92 Å². The molecule has 2 N–H and O–H groups in total. The molecule has 0 aromatic heterocycles. The highest BCUT2D eigenvalue weighted by Crippen LogP contribution is 2.16. The summed E-state index contributed by atoms with van der Waals surface area (Å²) in [5, 5.41) is 0. The summed E-state index contributed by atoms with van der Waals surface area (Å²) in [5.41, 5.74) is 9.10. The minimum Gasteiger partial charge on any atom is -0.398 e. The second-order valence-electron chi connectivity index (χ2n) is 2.48. The quantitative estimate of drug-likeness (QED) is 0.400. The number of anilines is 1. The van der Waals surface area contributed by atoms with Crippen LogP contribution in [0, 0.1) is 10.5 Å². The molecule has 3 heteroatoms. The number of aryl methyl sites for hydroxylation is 1. The molecule has 0 saturated heterocycles. The fourth-order valence-corrected chi connectivity index (χ4v) is 1.84. The molecule has 0 amide bonds. The smallest absolute Gasteiger partial charge is 0.139 e. The first-order chi connectivity index (χ1) is 4.61. The average molecular weight is 245 g/mol. The van der Waals surface area contributed by atoms with Crippen LogP contribution in [0.4, 0.5) is 5.69 Å². The zero-order chi connectivity index (χ0) is 7.72. The third kappa shape index (κ3) is 1.45. The summed E-state index contributed by atoms with van der Waals surface area (Å²) in [6.45, 7) is 2.03. The summed E-state index contributed by atoms with van der Waals surface area (Å²) < 4.78 is 1.15. The Bertz CT molecular complexity index is 237. The van der Waals surface area contributed by atoms with Gasteiger partial charge in [0.15, 0.2) is 0 Å². The van der Waals surface area contributed by atoms with Crippen LogP contribution in [-0.4, -0.2) is 7.85 Å². The zero-order valence-electron chi connectivity index (χ0n) is 6.11. The van der Waals surface area contributed by atoms with Crippen LogP contribution in [0.2, 0.25) is 0 Å². The highest BCUT2D eigenvalue weighted by atomic mass is 127. The van der Waals surface area contributed by atoms with E-state index in [9.17, 15) is 0 Å². The second-order valence-corrected chi connectivity index (χ2v) is 3.64. The van der Waals surface area contributed by atoms with Crippen LogP contribution in [0.1, 0.15) is 5.56 Å². The van der Waals surface area contributed by atoms with Crippen molar-refractivity contribution in [3.05, 3.63) is 21.3 Å². The summed E-state index contributed by atoms with van der Waals surface area (Å²) in [5.74, 6) is 0. The molecule has 0 spiro atoms. The minimum absolute atomic E-state index is 0.909. The van der Waals surface area contributed by atoms with Gasteiger partial charge in [0.25, 0.3) is 0 Å². The summed E-state index contributed by atoms with van der Waals surface area (Å²) in [6, 6.07) is 4.18. The molecule has 10 heavy (non-hydrogen) atoms. The molecular weight excluding hydrogens is 236 g/mol. The lowest BCUT2D eigenvalue weighted by Gasteiger charge is -2.03. The summed E-state index contributed by atoms with van der Waals surface area (Å²) >= 11 is 2.25. The molecule has 0 atom stereocenters. The SMILES string of the molecule is Bc1cc(C)c(N)c(I)c1. The fraction of sp³-hybridized carbons (Fsp3) is 0.143. The molecule has 0 radical (unpaired) electrons. The molecule has 52 valence electrons. The van der Waals surface area contributed by atoms with Gasteiger partial charge in [-0.15, -0.1) is 0 Å².